The Morgan fingerprint density at radius 3 is 2.63 bits per heavy atom. The van der Waals surface area contributed by atoms with Gasteiger partial charge >= 0.3 is 0 Å². The highest BCUT2D eigenvalue weighted by molar-refractivity contribution is 6.01. The van der Waals surface area contributed by atoms with E-state index in [0.29, 0.717) is 6.54 Å². The summed E-state index contributed by atoms with van der Waals surface area (Å²) in [5.74, 6) is 2.77. The molecule has 2 aromatic carbocycles. The number of rotatable bonds is 1. The van der Waals surface area contributed by atoms with Crippen molar-refractivity contribution in [3.8, 4) is 12.3 Å². The van der Waals surface area contributed by atoms with Crippen molar-refractivity contribution in [1.82, 2.24) is 0 Å². The topological polar surface area (TPSA) is 3.01 Å². The third-order valence-corrected chi connectivity index (χ3v) is 4.38. The molecule has 0 saturated heterocycles. The molecule has 2 aromatic rings. The summed E-state index contributed by atoms with van der Waals surface area (Å²) in [5.41, 5.74) is 4.03. The molecule has 0 aliphatic carbocycles. The molecule has 3 rings (SSSR count). The molecule has 0 aromatic heterocycles. The van der Waals surface area contributed by atoms with E-state index in [9.17, 15) is 0 Å². The van der Waals surface area contributed by atoms with Gasteiger partial charge in [0, 0.05) is 18.6 Å². The first-order valence-corrected chi connectivity index (χ1v) is 6.64. The van der Waals surface area contributed by atoms with Crippen LogP contribution in [0.4, 0.5) is 5.69 Å². The van der Waals surface area contributed by atoms with Crippen LogP contribution >= 0.6 is 0 Å². The summed E-state index contributed by atoms with van der Waals surface area (Å²) < 4.78 is 2.27. The second kappa shape index (κ2) is 3.96. The summed E-state index contributed by atoms with van der Waals surface area (Å²) >= 11 is 0. The largest absolute Gasteiger partial charge is 0.210 e. The van der Waals surface area contributed by atoms with Crippen LogP contribution in [0.15, 0.2) is 36.4 Å². The van der Waals surface area contributed by atoms with Gasteiger partial charge in [0.15, 0.2) is 5.71 Å². The van der Waals surface area contributed by atoms with Crippen LogP contribution in [-0.4, -0.2) is 16.8 Å². The van der Waals surface area contributed by atoms with Crippen LogP contribution in [0.25, 0.3) is 10.8 Å². The smallest absolute Gasteiger partial charge is 0.187 e. The Kier molecular flexibility index (Phi) is 2.50. The quantitative estimate of drug-likeness (QED) is 0.532. The summed E-state index contributed by atoms with van der Waals surface area (Å²) in [7, 11) is 0. The van der Waals surface area contributed by atoms with E-state index in [1.807, 2.05) is 0 Å². The SMILES string of the molecule is C#CC[N+]1=C(C)C(C)(C)c2c1ccc1ccccc21. The van der Waals surface area contributed by atoms with E-state index in [-0.39, 0.29) is 5.41 Å². The van der Waals surface area contributed by atoms with Gasteiger partial charge in [-0.05, 0) is 36.6 Å². The van der Waals surface area contributed by atoms with Crippen molar-refractivity contribution in [2.24, 2.45) is 0 Å². The first-order valence-electron chi connectivity index (χ1n) is 6.64. The summed E-state index contributed by atoms with van der Waals surface area (Å²) in [4.78, 5) is 0. The molecule has 19 heavy (non-hydrogen) atoms. The zero-order chi connectivity index (χ0) is 13.6. The number of hydrogen-bond acceptors (Lipinski definition) is 0. The fourth-order valence-electron chi connectivity index (χ4n) is 3.14. The molecule has 1 heterocycles. The molecule has 1 nitrogen and oxygen atoms in total. The van der Waals surface area contributed by atoms with Crippen LogP contribution in [0.3, 0.4) is 0 Å². The Morgan fingerprint density at radius 2 is 1.89 bits per heavy atom. The van der Waals surface area contributed by atoms with E-state index in [4.69, 9.17) is 6.42 Å². The fourth-order valence-corrected chi connectivity index (χ4v) is 3.14. The van der Waals surface area contributed by atoms with Gasteiger partial charge in [-0.15, -0.1) is 6.42 Å². The van der Waals surface area contributed by atoms with Crippen molar-refractivity contribution in [3.05, 3.63) is 42.0 Å². The van der Waals surface area contributed by atoms with Crippen LogP contribution in [0.5, 0.6) is 0 Å². The van der Waals surface area contributed by atoms with Crippen molar-refractivity contribution in [2.45, 2.75) is 26.2 Å². The second-order valence-electron chi connectivity index (χ2n) is 5.68. The fraction of sp³-hybridized carbons (Fsp3) is 0.278. The lowest BCUT2D eigenvalue weighted by Crippen LogP contribution is -2.26. The first kappa shape index (κ1) is 12.0. The van der Waals surface area contributed by atoms with E-state index in [0.717, 1.165) is 0 Å². The van der Waals surface area contributed by atoms with Crippen LogP contribution in [0, 0.1) is 12.3 Å². The van der Waals surface area contributed by atoms with Gasteiger partial charge in [-0.2, -0.15) is 4.58 Å². The highest BCUT2D eigenvalue weighted by Gasteiger charge is 2.43. The third-order valence-electron chi connectivity index (χ3n) is 4.38. The summed E-state index contributed by atoms with van der Waals surface area (Å²) in [6.07, 6.45) is 5.52. The number of fused-ring (bicyclic) bond motifs is 3. The Morgan fingerprint density at radius 1 is 1.16 bits per heavy atom. The number of terminal acetylenes is 1. The predicted molar refractivity (Wildman–Crippen MR) is 81.3 cm³/mol. The minimum Gasteiger partial charge on any atom is -0.187 e. The van der Waals surface area contributed by atoms with Crippen molar-refractivity contribution in [2.75, 3.05) is 6.54 Å². The minimum atomic E-state index is 0.0348. The molecule has 1 heteroatoms. The summed E-state index contributed by atoms with van der Waals surface area (Å²) in [6.45, 7) is 7.39. The molecule has 0 radical (unpaired) electrons. The van der Waals surface area contributed by atoms with E-state index < -0.39 is 0 Å². The van der Waals surface area contributed by atoms with Crippen molar-refractivity contribution < 1.29 is 4.58 Å². The lowest BCUT2D eigenvalue weighted by Gasteiger charge is -2.17. The maximum atomic E-state index is 5.52. The number of nitrogens with zero attached hydrogens (tertiary/aromatic N) is 1. The Balaban J connectivity index is 2.39. The molecule has 0 N–H and O–H groups in total. The Hall–Kier alpha value is -2.07. The summed E-state index contributed by atoms with van der Waals surface area (Å²) in [5, 5.41) is 2.63. The molecule has 94 valence electrons. The predicted octanol–water partition coefficient (Wildman–Crippen LogP) is 3.87. The van der Waals surface area contributed by atoms with Crippen molar-refractivity contribution in [3.63, 3.8) is 0 Å². The average Bonchev–Trinajstić information content (AvgIpc) is 2.60. The highest BCUT2D eigenvalue weighted by atomic mass is 15.0. The van der Waals surface area contributed by atoms with Crippen molar-refractivity contribution in [1.29, 1.82) is 0 Å². The highest BCUT2D eigenvalue weighted by Crippen LogP contribution is 2.43. The minimum absolute atomic E-state index is 0.0348. The average molecular weight is 248 g/mol. The van der Waals surface area contributed by atoms with Gasteiger partial charge in [0.05, 0.1) is 5.41 Å². The molecule has 0 saturated carbocycles. The second-order valence-corrected chi connectivity index (χ2v) is 5.68. The standard InChI is InChI=1S/C18H18N/c1-5-12-19-13(2)18(3,4)17-15-9-7-6-8-14(15)10-11-16(17)19/h1,6-11H,12H2,2-4H3/q+1. The van der Waals surface area contributed by atoms with Crippen LogP contribution in [-0.2, 0) is 5.41 Å². The molecule has 0 amide bonds. The molecule has 0 unspecified atom stereocenters. The molecule has 0 spiro atoms. The number of hydrogen-bond donors (Lipinski definition) is 0. The molecular weight excluding hydrogens is 230 g/mol. The van der Waals surface area contributed by atoms with Crippen LogP contribution in [0.2, 0.25) is 0 Å². The molecule has 1 aliphatic heterocycles. The van der Waals surface area contributed by atoms with Gasteiger partial charge < -0.3 is 0 Å². The Bertz CT molecular complexity index is 742. The summed E-state index contributed by atoms with van der Waals surface area (Å²) in [6, 6.07) is 13.0. The van der Waals surface area contributed by atoms with Crippen molar-refractivity contribution >= 4 is 22.2 Å². The zero-order valence-corrected chi connectivity index (χ0v) is 11.7. The van der Waals surface area contributed by atoms with Crippen LogP contribution in [0.1, 0.15) is 26.3 Å². The molecule has 0 bridgehead atoms. The van der Waals surface area contributed by atoms with E-state index in [1.165, 1.54) is 27.7 Å². The molecule has 0 atom stereocenters. The normalized spacial score (nSPS) is 16.5. The molecular formula is C18H18N+. The van der Waals surface area contributed by atoms with E-state index in [2.05, 4.69) is 67.7 Å². The van der Waals surface area contributed by atoms with Crippen LogP contribution < -0.4 is 0 Å². The van der Waals surface area contributed by atoms with Gasteiger partial charge in [0.25, 0.3) is 0 Å². The van der Waals surface area contributed by atoms with Gasteiger partial charge in [0.1, 0.15) is 0 Å². The lowest BCUT2D eigenvalue weighted by molar-refractivity contribution is -0.424. The van der Waals surface area contributed by atoms with Gasteiger partial charge in [0.2, 0.25) is 12.2 Å². The molecule has 0 fully saturated rings. The van der Waals surface area contributed by atoms with Gasteiger partial charge in [-0.3, -0.25) is 0 Å². The third kappa shape index (κ3) is 1.53. The monoisotopic (exact) mass is 248 g/mol. The van der Waals surface area contributed by atoms with Gasteiger partial charge in [-0.1, -0.05) is 24.3 Å². The molecule has 1 aliphatic rings. The first-order chi connectivity index (χ1) is 9.07. The number of benzene rings is 2. The van der Waals surface area contributed by atoms with E-state index in [1.54, 1.807) is 0 Å². The van der Waals surface area contributed by atoms with Gasteiger partial charge in [-0.25, -0.2) is 0 Å². The maximum Gasteiger partial charge on any atom is 0.210 e. The van der Waals surface area contributed by atoms with E-state index >= 15 is 0 Å². The Labute approximate surface area is 114 Å². The lowest BCUT2D eigenvalue weighted by atomic mass is 9.80. The maximum absolute atomic E-state index is 5.52. The zero-order valence-electron chi connectivity index (χ0n) is 11.7.